The Morgan fingerprint density at radius 1 is 1.38 bits per heavy atom. The van der Waals surface area contributed by atoms with E-state index < -0.39 is 5.97 Å². The summed E-state index contributed by atoms with van der Waals surface area (Å²) < 4.78 is 2.03. The summed E-state index contributed by atoms with van der Waals surface area (Å²) in [5.74, 6) is -1.13. The highest BCUT2D eigenvalue weighted by atomic mass is 79.9. The number of hydrogen-bond acceptors (Lipinski definition) is 3. The second kappa shape index (κ2) is 6.43. The second-order valence-electron chi connectivity index (χ2n) is 5.51. The van der Waals surface area contributed by atoms with Crippen molar-refractivity contribution < 1.29 is 14.7 Å². The van der Waals surface area contributed by atoms with Crippen molar-refractivity contribution in [3.8, 4) is 0 Å². The molecule has 0 radical (unpaired) electrons. The number of carboxylic acids is 1. The van der Waals surface area contributed by atoms with Gasteiger partial charge in [0, 0.05) is 23.3 Å². The van der Waals surface area contributed by atoms with Crippen LogP contribution in [-0.2, 0) is 16.1 Å². The fourth-order valence-electron chi connectivity index (χ4n) is 2.54. The predicted molar refractivity (Wildman–Crippen MR) is 79.9 cm³/mol. The average Bonchev–Trinajstić information content (AvgIpc) is 2.36. The molecule has 0 aliphatic heterocycles. The summed E-state index contributed by atoms with van der Waals surface area (Å²) in [6, 6.07) is 3.00. The summed E-state index contributed by atoms with van der Waals surface area (Å²) >= 11 is 3.25. The molecule has 6 nitrogen and oxygen atoms in total. The number of amides is 1. The van der Waals surface area contributed by atoms with Gasteiger partial charge in [-0.2, -0.15) is 0 Å². The Morgan fingerprint density at radius 3 is 2.67 bits per heavy atom. The molecule has 1 amide bonds. The van der Waals surface area contributed by atoms with Crippen molar-refractivity contribution >= 4 is 27.8 Å². The van der Waals surface area contributed by atoms with Crippen molar-refractivity contribution in [2.45, 2.75) is 32.2 Å². The zero-order chi connectivity index (χ0) is 15.5. The van der Waals surface area contributed by atoms with Crippen LogP contribution in [0.2, 0.25) is 0 Å². The Bertz CT molecular complexity index is 607. The van der Waals surface area contributed by atoms with Crippen molar-refractivity contribution in [3.05, 3.63) is 33.2 Å². The van der Waals surface area contributed by atoms with Crippen molar-refractivity contribution in [2.24, 2.45) is 5.41 Å². The molecule has 0 bridgehead atoms. The van der Waals surface area contributed by atoms with Gasteiger partial charge in [0.2, 0.25) is 5.91 Å². The van der Waals surface area contributed by atoms with Gasteiger partial charge in [-0.15, -0.1) is 0 Å². The van der Waals surface area contributed by atoms with Gasteiger partial charge >= 0.3 is 5.97 Å². The first-order valence-corrected chi connectivity index (χ1v) is 7.54. The molecular weight excluding hydrogens is 340 g/mol. The standard InChI is InChI=1S/C14H17BrN2O4/c15-10-2-3-12(19)17(7-10)8-11(18)16-9-14(4-1-5-14)6-13(20)21/h2-3,7H,1,4-6,8-9H2,(H,16,18)(H,20,21). The smallest absolute Gasteiger partial charge is 0.303 e. The highest BCUT2D eigenvalue weighted by Crippen LogP contribution is 2.43. The minimum absolute atomic E-state index is 0.0680. The topological polar surface area (TPSA) is 88.4 Å². The number of carboxylic acid groups (broad SMARTS) is 1. The van der Waals surface area contributed by atoms with Crippen LogP contribution < -0.4 is 10.9 Å². The summed E-state index contributed by atoms with van der Waals surface area (Å²) in [4.78, 5) is 34.4. The first-order valence-electron chi connectivity index (χ1n) is 6.75. The van der Waals surface area contributed by atoms with E-state index in [4.69, 9.17) is 5.11 Å². The Labute approximate surface area is 130 Å². The number of pyridine rings is 1. The third-order valence-corrected chi connectivity index (χ3v) is 4.33. The second-order valence-corrected chi connectivity index (χ2v) is 6.43. The lowest BCUT2D eigenvalue weighted by molar-refractivity contribution is -0.141. The third kappa shape index (κ3) is 4.17. The van der Waals surface area contributed by atoms with E-state index in [0.29, 0.717) is 6.54 Å². The molecule has 2 rings (SSSR count). The SMILES string of the molecule is O=C(O)CC1(CNC(=O)Cn2cc(Br)ccc2=O)CCC1. The Kier molecular flexibility index (Phi) is 4.82. The van der Waals surface area contributed by atoms with E-state index in [1.54, 1.807) is 12.3 Å². The van der Waals surface area contributed by atoms with E-state index in [1.807, 2.05) is 0 Å². The van der Waals surface area contributed by atoms with Crippen molar-refractivity contribution in [1.29, 1.82) is 0 Å². The number of halogens is 1. The van der Waals surface area contributed by atoms with Crippen LogP contribution in [0.15, 0.2) is 27.6 Å². The van der Waals surface area contributed by atoms with Gasteiger partial charge in [-0.3, -0.25) is 14.4 Å². The monoisotopic (exact) mass is 356 g/mol. The molecule has 1 aromatic heterocycles. The van der Waals surface area contributed by atoms with Crippen LogP contribution in [0.4, 0.5) is 0 Å². The number of hydrogen-bond donors (Lipinski definition) is 2. The van der Waals surface area contributed by atoms with Crippen molar-refractivity contribution in [2.75, 3.05) is 6.54 Å². The van der Waals surface area contributed by atoms with Crippen molar-refractivity contribution in [1.82, 2.24) is 9.88 Å². The third-order valence-electron chi connectivity index (χ3n) is 3.86. The minimum Gasteiger partial charge on any atom is -0.481 e. The van der Waals surface area contributed by atoms with Crippen LogP contribution in [0, 0.1) is 5.41 Å². The lowest BCUT2D eigenvalue weighted by Gasteiger charge is -2.40. The largest absolute Gasteiger partial charge is 0.481 e. The van der Waals surface area contributed by atoms with Gasteiger partial charge in [0.1, 0.15) is 6.54 Å². The normalized spacial score (nSPS) is 16.0. The van der Waals surface area contributed by atoms with Gasteiger partial charge in [0.05, 0.1) is 6.42 Å². The molecule has 1 aliphatic carbocycles. The Hall–Kier alpha value is -1.63. The molecule has 0 saturated heterocycles. The van der Waals surface area contributed by atoms with Crippen LogP contribution in [0.25, 0.3) is 0 Å². The van der Waals surface area contributed by atoms with E-state index in [0.717, 1.165) is 23.7 Å². The molecule has 1 heterocycles. The lowest BCUT2D eigenvalue weighted by atomic mass is 9.66. The predicted octanol–water partition coefficient (Wildman–Crippen LogP) is 1.37. The molecule has 114 valence electrons. The number of aromatic nitrogens is 1. The van der Waals surface area contributed by atoms with Gasteiger partial charge in [-0.05, 0) is 40.3 Å². The molecule has 7 heteroatoms. The average molecular weight is 357 g/mol. The van der Waals surface area contributed by atoms with E-state index in [9.17, 15) is 14.4 Å². The molecule has 1 aliphatic rings. The highest BCUT2D eigenvalue weighted by Gasteiger charge is 2.39. The van der Waals surface area contributed by atoms with Crippen LogP contribution >= 0.6 is 15.9 Å². The summed E-state index contributed by atoms with van der Waals surface area (Å²) in [6.07, 6.45) is 4.25. The lowest BCUT2D eigenvalue weighted by Crippen LogP contribution is -2.44. The van der Waals surface area contributed by atoms with Gasteiger partial charge in [0.15, 0.2) is 0 Å². The molecule has 0 atom stereocenters. The number of carbonyl (C=O) groups excluding carboxylic acids is 1. The van der Waals surface area contributed by atoms with Crippen LogP contribution in [0.1, 0.15) is 25.7 Å². The van der Waals surface area contributed by atoms with Gasteiger partial charge < -0.3 is 15.0 Å². The Morgan fingerprint density at radius 2 is 2.10 bits per heavy atom. The Balaban J connectivity index is 1.91. The molecule has 0 unspecified atom stereocenters. The highest BCUT2D eigenvalue weighted by molar-refractivity contribution is 9.10. The first kappa shape index (κ1) is 15.8. The summed E-state index contributed by atoms with van der Waals surface area (Å²) in [7, 11) is 0. The number of rotatable bonds is 6. The minimum atomic E-state index is -0.841. The number of nitrogens with zero attached hydrogens (tertiary/aromatic N) is 1. The fraction of sp³-hybridized carbons (Fsp3) is 0.500. The molecule has 2 N–H and O–H groups in total. The molecule has 1 aromatic rings. The maximum Gasteiger partial charge on any atom is 0.303 e. The molecule has 0 spiro atoms. The van der Waals surface area contributed by atoms with Gasteiger partial charge in [-0.25, -0.2) is 0 Å². The van der Waals surface area contributed by atoms with E-state index in [1.165, 1.54) is 10.6 Å². The van der Waals surface area contributed by atoms with Crippen molar-refractivity contribution in [3.63, 3.8) is 0 Å². The first-order chi connectivity index (χ1) is 9.90. The molecular formula is C14H17BrN2O4. The van der Waals surface area contributed by atoms with Crippen LogP contribution in [0.3, 0.4) is 0 Å². The maximum absolute atomic E-state index is 11.9. The zero-order valence-electron chi connectivity index (χ0n) is 11.5. The molecule has 1 fully saturated rings. The van der Waals surface area contributed by atoms with Crippen LogP contribution in [-0.4, -0.2) is 28.1 Å². The summed E-state index contributed by atoms with van der Waals surface area (Å²) in [5.41, 5.74) is -0.568. The van der Waals surface area contributed by atoms with E-state index >= 15 is 0 Å². The van der Waals surface area contributed by atoms with Crippen LogP contribution in [0.5, 0.6) is 0 Å². The number of carbonyl (C=O) groups is 2. The van der Waals surface area contributed by atoms with E-state index in [2.05, 4.69) is 21.2 Å². The summed E-state index contributed by atoms with van der Waals surface area (Å²) in [5, 5.41) is 11.7. The quantitative estimate of drug-likeness (QED) is 0.805. The van der Waals surface area contributed by atoms with Gasteiger partial charge in [0.25, 0.3) is 5.56 Å². The van der Waals surface area contributed by atoms with Gasteiger partial charge in [-0.1, -0.05) is 6.42 Å². The molecule has 1 saturated carbocycles. The molecule has 0 aromatic carbocycles. The maximum atomic E-state index is 11.9. The number of nitrogens with one attached hydrogen (secondary N) is 1. The van der Waals surface area contributed by atoms with E-state index in [-0.39, 0.29) is 29.8 Å². The number of aliphatic carboxylic acids is 1. The molecule has 21 heavy (non-hydrogen) atoms. The summed E-state index contributed by atoms with van der Waals surface area (Å²) in [6.45, 7) is 0.280. The zero-order valence-corrected chi connectivity index (χ0v) is 13.1. The fourth-order valence-corrected chi connectivity index (χ4v) is 2.92.